The van der Waals surface area contributed by atoms with Crippen LogP contribution in [0.15, 0.2) is 42.6 Å². The first-order valence-corrected chi connectivity index (χ1v) is 6.97. The first-order valence-electron chi connectivity index (χ1n) is 6.97. The molecule has 2 N–H and O–H groups in total. The molecule has 2 rings (SSSR count). The number of aromatic nitrogens is 1. The van der Waals surface area contributed by atoms with Gasteiger partial charge in [0.1, 0.15) is 5.82 Å². The lowest BCUT2D eigenvalue weighted by Crippen LogP contribution is -2.18. The number of alkyl halides is 3. The Hall–Kier alpha value is -2.57. The first kappa shape index (κ1) is 16.8. The molecule has 23 heavy (non-hydrogen) atoms. The third-order valence-corrected chi connectivity index (χ3v) is 3.02. The maximum Gasteiger partial charge on any atom is 0.416 e. The molecule has 1 heterocycles. The Bertz CT molecular complexity index is 682. The number of amides is 1. The first-order chi connectivity index (χ1) is 10.8. The molecule has 4 nitrogen and oxygen atoms in total. The van der Waals surface area contributed by atoms with Gasteiger partial charge in [-0.3, -0.25) is 4.79 Å². The van der Waals surface area contributed by atoms with Gasteiger partial charge in [0.15, 0.2) is 0 Å². The molecule has 122 valence electrons. The average Bonchev–Trinajstić information content (AvgIpc) is 2.48. The van der Waals surface area contributed by atoms with Crippen LogP contribution in [0.2, 0.25) is 0 Å². The van der Waals surface area contributed by atoms with Crippen molar-refractivity contribution in [1.82, 2.24) is 4.98 Å². The van der Waals surface area contributed by atoms with E-state index in [4.69, 9.17) is 0 Å². The van der Waals surface area contributed by atoms with Crippen LogP contribution in [0.5, 0.6) is 0 Å². The van der Waals surface area contributed by atoms with Crippen LogP contribution in [0.3, 0.4) is 0 Å². The van der Waals surface area contributed by atoms with Crippen molar-refractivity contribution in [2.75, 3.05) is 10.6 Å². The van der Waals surface area contributed by atoms with Gasteiger partial charge in [0.2, 0.25) is 5.91 Å². The quantitative estimate of drug-likeness (QED) is 0.874. The summed E-state index contributed by atoms with van der Waals surface area (Å²) in [4.78, 5) is 15.6. The molecule has 1 aromatic carbocycles. The standard InChI is InChI=1S/C16H16F3N3O/c1-10(2)15(23)22-14-7-6-13(9-20-14)21-12-5-3-4-11(8-12)16(17,18)19/h3-10,21H,1-2H3,(H,20,22,23). The van der Waals surface area contributed by atoms with Crippen molar-refractivity contribution in [3.05, 3.63) is 48.2 Å². The highest BCUT2D eigenvalue weighted by Crippen LogP contribution is 2.31. The summed E-state index contributed by atoms with van der Waals surface area (Å²) in [5.74, 6) is 0.0640. The van der Waals surface area contributed by atoms with E-state index in [-0.39, 0.29) is 11.8 Å². The lowest BCUT2D eigenvalue weighted by Gasteiger charge is -2.11. The summed E-state index contributed by atoms with van der Waals surface area (Å²) in [7, 11) is 0. The average molecular weight is 323 g/mol. The van der Waals surface area contributed by atoms with E-state index in [2.05, 4.69) is 15.6 Å². The summed E-state index contributed by atoms with van der Waals surface area (Å²) in [6.45, 7) is 3.53. The van der Waals surface area contributed by atoms with Crippen LogP contribution in [0.4, 0.5) is 30.4 Å². The van der Waals surface area contributed by atoms with E-state index >= 15 is 0 Å². The number of anilines is 3. The number of benzene rings is 1. The third-order valence-electron chi connectivity index (χ3n) is 3.02. The molecule has 0 bridgehead atoms. The number of carbonyl (C=O) groups is 1. The Labute approximate surface area is 131 Å². The van der Waals surface area contributed by atoms with Gasteiger partial charge in [0.25, 0.3) is 0 Å². The van der Waals surface area contributed by atoms with Crippen molar-refractivity contribution < 1.29 is 18.0 Å². The second kappa shape index (κ2) is 6.68. The molecule has 0 saturated carbocycles. The zero-order valence-corrected chi connectivity index (χ0v) is 12.6. The van der Waals surface area contributed by atoms with E-state index < -0.39 is 11.7 Å². The van der Waals surface area contributed by atoms with Crippen molar-refractivity contribution in [2.24, 2.45) is 5.92 Å². The molecule has 0 aliphatic rings. The Morgan fingerprint density at radius 1 is 1.13 bits per heavy atom. The number of hydrogen-bond acceptors (Lipinski definition) is 3. The maximum atomic E-state index is 12.7. The fourth-order valence-corrected chi connectivity index (χ4v) is 1.75. The normalized spacial score (nSPS) is 11.4. The highest BCUT2D eigenvalue weighted by atomic mass is 19.4. The molecule has 0 saturated heterocycles. The minimum absolute atomic E-state index is 0.156. The number of nitrogens with one attached hydrogen (secondary N) is 2. The van der Waals surface area contributed by atoms with Gasteiger partial charge in [-0.1, -0.05) is 19.9 Å². The van der Waals surface area contributed by atoms with Crippen molar-refractivity contribution in [1.29, 1.82) is 0 Å². The van der Waals surface area contributed by atoms with Crippen LogP contribution >= 0.6 is 0 Å². The van der Waals surface area contributed by atoms with Crippen LogP contribution in [0.25, 0.3) is 0 Å². The molecule has 7 heteroatoms. The molecule has 1 aromatic heterocycles. The molecule has 0 radical (unpaired) electrons. The zero-order chi connectivity index (χ0) is 17.0. The van der Waals surface area contributed by atoms with Gasteiger partial charge in [-0.2, -0.15) is 13.2 Å². The molecule has 1 amide bonds. The summed E-state index contributed by atoms with van der Waals surface area (Å²) in [5, 5.41) is 5.48. The number of rotatable bonds is 4. The molecular formula is C16H16F3N3O. The van der Waals surface area contributed by atoms with E-state index in [1.54, 1.807) is 26.0 Å². The topological polar surface area (TPSA) is 54.0 Å². The molecule has 0 spiro atoms. The van der Waals surface area contributed by atoms with Crippen LogP contribution in [-0.4, -0.2) is 10.9 Å². The Kier molecular flexibility index (Phi) is 4.88. The number of hydrogen-bond donors (Lipinski definition) is 2. The molecule has 0 unspecified atom stereocenters. The predicted molar refractivity (Wildman–Crippen MR) is 82.4 cm³/mol. The Morgan fingerprint density at radius 3 is 2.43 bits per heavy atom. The fourth-order valence-electron chi connectivity index (χ4n) is 1.75. The summed E-state index contributed by atoms with van der Waals surface area (Å²) in [5.41, 5.74) is 0.101. The molecule has 2 aromatic rings. The second-order valence-electron chi connectivity index (χ2n) is 5.28. The van der Waals surface area contributed by atoms with E-state index in [1.165, 1.54) is 18.3 Å². The lowest BCUT2D eigenvalue weighted by molar-refractivity contribution is -0.137. The van der Waals surface area contributed by atoms with Gasteiger partial charge >= 0.3 is 6.18 Å². The minimum Gasteiger partial charge on any atom is -0.354 e. The smallest absolute Gasteiger partial charge is 0.354 e. The predicted octanol–water partition coefficient (Wildman–Crippen LogP) is 4.44. The van der Waals surface area contributed by atoms with Crippen molar-refractivity contribution in [3.8, 4) is 0 Å². The number of carbonyl (C=O) groups excluding carboxylic acids is 1. The highest BCUT2D eigenvalue weighted by molar-refractivity contribution is 5.91. The lowest BCUT2D eigenvalue weighted by atomic mass is 10.2. The van der Waals surface area contributed by atoms with E-state index in [0.29, 0.717) is 17.2 Å². The van der Waals surface area contributed by atoms with Crippen LogP contribution in [-0.2, 0) is 11.0 Å². The Balaban J connectivity index is 2.08. The van der Waals surface area contributed by atoms with Crippen LogP contribution in [0.1, 0.15) is 19.4 Å². The fraction of sp³-hybridized carbons (Fsp3) is 0.250. The van der Waals surface area contributed by atoms with E-state index in [0.717, 1.165) is 12.1 Å². The SMILES string of the molecule is CC(C)C(=O)Nc1ccc(Nc2cccc(C(F)(F)F)c2)cn1. The summed E-state index contributed by atoms with van der Waals surface area (Å²) >= 11 is 0. The number of pyridine rings is 1. The molecule has 0 fully saturated rings. The number of nitrogens with zero attached hydrogens (tertiary/aromatic N) is 1. The highest BCUT2D eigenvalue weighted by Gasteiger charge is 2.30. The van der Waals surface area contributed by atoms with Crippen molar-refractivity contribution >= 4 is 23.1 Å². The monoisotopic (exact) mass is 323 g/mol. The van der Waals surface area contributed by atoms with Crippen molar-refractivity contribution in [2.45, 2.75) is 20.0 Å². The zero-order valence-electron chi connectivity index (χ0n) is 12.6. The molecular weight excluding hydrogens is 307 g/mol. The third kappa shape index (κ3) is 4.70. The van der Waals surface area contributed by atoms with E-state index in [1.807, 2.05) is 0 Å². The van der Waals surface area contributed by atoms with Crippen LogP contribution < -0.4 is 10.6 Å². The maximum absolute atomic E-state index is 12.7. The minimum atomic E-state index is -4.39. The van der Waals surface area contributed by atoms with Gasteiger partial charge in [0, 0.05) is 11.6 Å². The van der Waals surface area contributed by atoms with Gasteiger partial charge < -0.3 is 10.6 Å². The number of halogens is 3. The molecule has 0 atom stereocenters. The molecule has 0 aliphatic carbocycles. The summed E-state index contributed by atoms with van der Waals surface area (Å²) < 4.78 is 38.0. The van der Waals surface area contributed by atoms with Gasteiger partial charge in [-0.25, -0.2) is 4.98 Å². The largest absolute Gasteiger partial charge is 0.416 e. The summed E-state index contributed by atoms with van der Waals surface area (Å²) in [6, 6.07) is 8.10. The van der Waals surface area contributed by atoms with Gasteiger partial charge in [-0.05, 0) is 30.3 Å². The van der Waals surface area contributed by atoms with Gasteiger partial charge in [0.05, 0.1) is 17.4 Å². The molecule has 0 aliphatic heterocycles. The van der Waals surface area contributed by atoms with Gasteiger partial charge in [-0.15, -0.1) is 0 Å². The Morgan fingerprint density at radius 2 is 1.87 bits per heavy atom. The van der Waals surface area contributed by atoms with Crippen molar-refractivity contribution in [3.63, 3.8) is 0 Å². The second-order valence-corrected chi connectivity index (χ2v) is 5.28. The van der Waals surface area contributed by atoms with E-state index in [9.17, 15) is 18.0 Å². The summed E-state index contributed by atoms with van der Waals surface area (Å²) in [6.07, 6.45) is -2.95. The van der Waals surface area contributed by atoms with Crippen LogP contribution in [0, 0.1) is 5.92 Å².